The van der Waals surface area contributed by atoms with Crippen LogP contribution in [-0.2, 0) is 0 Å². The van der Waals surface area contributed by atoms with Gasteiger partial charge in [0.05, 0.1) is 22.1 Å². The molecule has 0 radical (unpaired) electrons. The Morgan fingerprint density at radius 3 is 1.22 bits per heavy atom. The fourth-order valence-corrected chi connectivity index (χ4v) is 7.49. The molecule has 2 aromatic heterocycles. The van der Waals surface area contributed by atoms with Crippen LogP contribution in [0, 0.1) is 0 Å². The summed E-state index contributed by atoms with van der Waals surface area (Å²) in [5.41, 5.74) is 8.89. The van der Waals surface area contributed by atoms with E-state index >= 15 is 0 Å². The number of aromatic nitrogens is 2. The molecule has 0 N–H and O–H groups in total. The highest BCUT2D eigenvalue weighted by atomic mass is 14.7. The van der Waals surface area contributed by atoms with Crippen LogP contribution in [0.25, 0.3) is 98.2 Å². The topological polar surface area (TPSA) is 25.8 Å². The molecule has 10 rings (SSSR count). The van der Waals surface area contributed by atoms with Crippen LogP contribution in [0.3, 0.4) is 0 Å². The smallest absolute Gasteiger partial charge is 0.0794 e. The van der Waals surface area contributed by atoms with E-state index in [4.69, 9.17) is 9.97 Å². The number of rotatable bonds is 2. The van der Waals surface area contributed by atoms with Gasteiger partial charge < -0.3 is 0 Å². The van der Waals surface area contributed by atoms with Gasteiger partial charge >= 0.3 is 0 Å². The van der Waals surface area contributed by atoms with Gasteiger partial charge in [0.2, 0.25) is 0 Å². The van der Waals surface area contributed by atoms with Crippen molar-refractivity contribution in [2.45, 2.75) is 0 Å². The first-order valence-electron chi connectivity index (χ1n) is 15.8. The predicted octanol–water partition coefficient (Wildman–Crippen LogP) is 11.9. The summed E-state index contributed by atoms with van der Waals surface area (Å²) in [6.07, 6.45) is 0. The number of hydrogen-bond donors (Lipinski definition) is 0. The maximum absolute atomic E-state index is 5.40. The number of fused-ring (bicyclic) bond motifs is 10. The highest BCUT2D eigenvalue weighted by Crippen LogP contribution is 2.43. The lowest BCUT2D eigenvalue weighted by Gasteiger charge is -2.17. The van der Waals surface area contributed by atoms with Gasteiger partial charge in [0.1, 0.15) is 0 Å². The quantitative estimate of drug-likeness (QED) is 0.150. The molecular weight excluding hydrogens is 556 g/mol. The molecule has 0 aliphatic heterocycles. The Morgan fingerprint density at radius 2 is 0.696 bits per heavy atom. The molecule has 212 valence electrons. The Balaban J connectivity index is 1.33. The van der Waals surface area contributed by atoms with E-state index in [2.05, 4.69) is 158 Å². The summed E-state index contributed by atoms with van der Waals surface area (Å²) in [4.78, 5) is 10.6. The summed E-state index contributed by atoms with van der Waals surface area (Å²) in [5, 5.41) is 11.8. The van der Waals surface area contributed by atoms with Gasteiger partial charge in [0.25, 0.3) is 0 Å². The van der Waals surface area contributed by atoms with Gasteiger partial charge in [0, 0.05) is 48.8 Å². The molecule has 0 saturated heterocycles. The summed E-state index contributed by atoms with van der Waals surface area (Å²) in [6, 6.07) is 56.7. The first-order chi connectivity index (χ1) is 22.8. The van der Waals surface area contributed by atoms with E-state index < -0.39 is 0 Å². The lowest BCUT2D eigenvalue weighted by molar-refractivity contribution is 1.51. The van der Waals surface area contributed by atoms with E-state index in [0.29, 0.717) is 0 Å². The third-order valence-electron chi connectivity index (χ3n) is 9.58. The molecule has 0 fully saturated rings. The average Bonchev–Trinajstić information content (AvgIpc) is 3.12. The minimum absolute atomic E-state index is 1.00. The van der Waals surface area contributed by atoms with E-state index in [-0.39, 0.29) is 0 Å². The van der Waals surface area contributed by atoms with E-state index in [9.17, 15) is 0 Å². The molecule has 0 saturated carbocycles. The minimum Gasteiger partial charge on any atom is -0.247 e. The van der Waals surface area contributed by atoms with Crippen molar-refractivity contribution in [2.75, 3.05) is 0 Å². The van der Waals surface area contributed by atoms with Crippen LogP contribution >= 0.6 is 0 Å². The lowest BCUT2D eigenvalue weighted by atomic mass is 9.89. The minimum atomic E-state index is 1.00. The van der Waals surface area contributed by atoms with Crippen molar-refractivity contribution in [3.8, 4) is 22.3 Å². The van der Waals surface area contributed by atoms with Crippen LogP contribution in [0.15, 0.2) is 158 Å². The first-order valence-corrected chi connectivity index (χ1v) is 15.8. The highest BCUT2D eigenvalue weighted by molar-refractivity contribution is 6.22. The maximum atomic E-state index is 5.40. The van der Waals surface area contributed by atoms with E-state index in [1.165, 1.54) is 54.6 Å². The van der Waals surface area contributed by atoms with Crippen LogP contribution in [0.4, 0.5) is 0 Å². The zero-order valence-electron chi connectivity index (χ0n) is 24.9. The van der Waals surface area contributed by atoms with Gasteiger partial charge in [-0.25, -0.2) is 9.97 Å². The van der Waals surface area contributed by atoms with E-state index in [0.717, 1.165) is 43.6 Å². The van der Waals surface area contributed by atoms with Crippen molar-refractivity contribution in [1.82, 2.24) is 9.97 Å². The fourth-order valence-electron chi connectivity index (χ4n) is 7.49. The Morgan fingerprint density at radius 1 is 0.283 bits per heavy atom. The summed E-state index contributed by atoms with van der Waals surface area (Å²) in [6.45, 7) is 0. The maximum Gasteiger partial charge on any atom is 0.0794 e. The number of benzene rings is 8. The third kappa shape index (κ3) is 3.65. The van der Waals surface area contributed by atoms with Crippen molar-refractivity contribution >= 4 is 75.9 Å². The molecule has 0 amide bonds. The second-order valence-corrected chi connectivity index (χ2v) is 12.1. The van der Waals surface area contributed by atoms with Crippen LogP contribution in [-0.4, -0.2) is 9.97 Å². The van der Waals surface area contributed by atoms with E-state index in [1.54, 1.807) is 0 Å². The fraction of sp³-hybridized carbons (Fsp3) is 0. The van der Waals surface area contributed by atoms with Crippen LogP contribution in [0.1, 0.15) is 0 Å². The number of hydrogen-bond acceptors (Lipinski definition) is 2. The summed E-state index contributed by atoms with van der Waals surface area (Å²) in [7, 11) is 0. The van der Waals surface area contributed by atoms with Crippen LogP contribution in [0.5, 0.6) is 0 Å². The van der Waals surface area contributed by atoms with Gasteiger partial charge in [-0.05, 0) is 39.4 Å². The molecule has 2 heteroatoms. The standard InChI is InChI=1S/C44H26N2/c1-4-15-32-27(10-1)20-23-36-40(35-18-7-8-19-39(35)45-42(32)36)30-13-9-14-31(26-30)41-37-24-21-28-11-2-5-16-33(28)43(37)46-44-34-17-6-3-12-29(34)22-25-38(41)44/h1-26H. The zero-order valence-corrected chi connectivity index (χ0v) is 24.9. The number of nitrogens with zero attached hydrogens (tertiary/aromatic N) is 2. The molecule has 0 spiro atoms. The molecule has 0 unspecified atom stereocenters. The zero-order chi connectivity index (χ0) is 30.2. The van der Waals surface area contributed by atoms with Crippen LogP contribution in [0.2, 0.25) is 0 Å². The lowest BCUT2D eigenvalue weighted by Crippen LogP contribution is -1.93. The molecule has 46 heavy (non-hydrogen) atoms. The van der Waals surface area contributed by atoms with Gasteiger partial charge in [-0.1, -0.05) is 146 Å². The Hall–Kier alpha value is -6.12. The van der Waals surface area contributed by atoms with Crippen molar-refractivity contribution in [3.63, 3.8) is 0 Å². The first kappa shape index (κ1) is 25.2. The predicted molar refractivity (Wildman–Crippen MR) is 195 cm³/mol. The number of pyridine rings is 2. The number of para-hydroxylation sites is 1. The second-order valence-electron chi connectivity index (χ2n) is 12.1. The van der Waals surface area contributed by atoms with Crippen molar-refractivity contribution in [2.24, 2.45) is 0 Å². The van der Waals surface area contributed by atoms with Gasteiger partial charge in [0.15, 0.2) is 0 Å². The normalized spacial score (nSPS) is 11.9. The molecule has 2 nitrogen and oxygen atoms in total. The van der Waals surface area contributed by atoms with Crippen molar-refractivity contribution < 1.29 is 0 Å². The largest absolute Gasteiger partial charge is 0.247 e. The van der Waals surface area contributed by atoms with E-state index in [1.807, 2.05) is 0 Å². The molecule has 0 atom stereocenters. The van der Waals surface area contributed by atoms with Crippen molar-refractivity contribution in [1.29, 1.82) is 0 Å². The van der Waals surface area contributed by atoms with Gasteiger partial charge in [-0.2, -0.15) is 0 Å². The highest BCUT2D eigenvalue weighted by Gasteiger charge is 2.18. The van der Waals surface area contributed by atoms with Crippen LogP contribution < -0.4 is 0 Å². The Bertz CT molecular complexity index is 2770. The van der Waals surface area contributed by atoms with Gasteiger partial charge in [-0.15, -0.1) is 0 Å². The third-order valence-corrected chi connectivity index (χ3v) is 9.58. The average molecular weight is 583 g/mol. The summed E-state index contributed by atoms with van der Waals surface area (Å²) < 4.78 is 0. The summed E-state index contributed by atoms with van der Waals surface area (Å²) in [5.74, 6) is 0. The van der Waals surface area contributed by atoms with Gasteiger partial charge in [-0.3, -0.25) is 0 Å². The SMILES string of the molecule is c1cc(-c2c3ccccc3nc3c2ccc2ccccc23)cc(-c2c3ccc4ccccc4c3nc3c2ccc2ccccc23)c1. The molecule has 10 aromatic rings. The second kappa shape index (κ2) is 9.69. The molecular formula is C44H26N2. The Labute approximate surface area is 265 Å². The molecule has 0 aliphatic carbocycles. The van der Waals surface area contributed by atoms with Crippen molar-refractivity contribution in [3.05, 3.63) is 158 Å². The monoisotopic (exact) mass is 582 g/mol. The molecule has 0 bridgehead atoms. The summed E-state index contributed by atoms with van der Waals surface area (Å²) >= 11 is 0. The molecule has 0 aliphatic rings. The molecule has 2 heterocycles. The Kier molecular flexibility index (Phi) is 5.31. The molecule has 8 aromatic carbocycles.